The van der Waals surface area contributed by atoms with Gasteiger partial charge in [-0.05, 0) is 70.0 Å². The number of benzene rings is 1. The minimum Gasteiger partial charge on any atom is -0.491 e. The second kappa shape index (κ2) is 12.5. The number of alkyl halides is 3. The van der Waals surface area contributed by atoms with Gasteiger partial charge in [-0.15, -0.1) is 0 Å². The molecule has 0 unspecified atom stereocenters. The Labute approximate surface area is 282 Å². The Morgan fingerprint density at radius 3 is 2.45 bits per heavy atom. The van der Waals surface area contributed by atoms with Gasteiger partial charge in [0.05, 0.1) is 24.1 Å². The van der Waals surface area contributed by atoms with Crippen molar-refractivity contribution in [2.24, 2.45) is 13.0 Å². The summed E-state index contributed by atoms with van der Waals surface area (Å²) in [7, 11) is 3.15. The molecule has 5 heterocycles. The Hall–Kier alpha value is -4.88. The van der Waals surface area contributed by atoms with Crippen LogP contribution in [-0.4, -0.2) is 79.5 Å². The molecule has 11 nitrogen and oxygen atoms in total. The van der Waals surface area contributed by atoms with E-state index in [1.54, 1.807) is 36.5 Å². The minimum absolute atomic E-state index is 0.0160. The van der Waals surface area contributed by atoms with E-state index in [-0.39, 0.29) is 53.4 Å². The molecule has 49 heavy (non-hydrogen) atoms. The van der Waals surface area contributed by atoms with Crippen molar-refractivity contribution in [3.05, 3.63) is 76.8 Å². The molecule has 260 valence electrons. The van der Waals surface area contributed by atoms with Crippen LogP contribution in [0.25, 0.3) is 11.1 Å². The van der Waals surface area contributed by atoms with E-state index in [1.807, 2.05) is 51.3 Å². The fourth-order valence-electron chi connectivity index (χ4n) is 6.22. The average molecular weight is 680 g/mol. The Balaban J connectivity index is 1.26. The maximum absolute atomic E-state index is 14.1. The Kier molecular flexibility index (Phi) is 8.70. The molecule has 14 heteroatoms. The van der Waals surface area contributed by atoms with E-state index in [2.05, 4.69) is 15.0 Å². The Morgan fingerprint density at radius 1 is 1.08 bits per heavy atom. The van der Waals surface area contributed by atoms with E-state index in [4.69, 9.17) is 14.5 Å². The molecule has 1 aromatic carbocycles. The van der Waals surface area contributed by atoms with Crippen LogP contribution in [0.15, 0.2) is 42.9 Å². The quantitative estimate of drug-likeness (QED) is 0.240. The van der Waals surface area contributed by atoms with E-state index in [9.17, 15) is 22.8 Å². The highest BCUT2D eigenvalue weighted by Gasteiger charge is 2.40. The van der Waals surface area contributed by atoms with Crippen LogP contribution in [0.3, 0.4) is 0 Å². The molecule has 2 aliphatic rings. The summed E-state index contributed by atoms with van der Waals surface area (Å²) in [5.41, 5.74) is 0.884. The number of aromatic nitrogens is 5. The number of Topliss-reactive ketones (excluding diaryl/α,β-unsaturated/α-hetero) is 1. The highest BCUT2D eigenvalue weighted by atomic mass is 19.4. The van der Waals surface area contributed by atoms with Gasteiger partial charge in [-0.1, -0.05) is 0 Å². The molecule has 1 saturated heterocycles. The van der Waals surface area contributed by atoms with Crippen molar-refractivity contribution in [2.75, 3.05) is 31.6 Å². The van der Waals surface area contributed by atoms with Crippen molar-refractivity contribution in [2.45, 2.75) is 65.4 Å². The third-order valence-electron chi connectivity index (χ3n) is 8.76. The number of imidazole rings is 1. The SMILES string of the molecule is Cc1cc(C[C@@H]2COc3c(cc(Cn4ccnc4C)cc3-c3cn(C)nc3C(F)(F)F)C2=O)nc(N2CC(N(C)C(=O)OC(C)(C)C)C2)c1. The minimum atomic E-state index is -4.71. The molecule has 0 N–H and O–H groups in total. The largest absolute Gasteiger partial charge is 0.491 e. The van der Waals surface area contributed by atoms with Gasteiger partial charge in [-0.25, -0.2) is 14.8 Å². The number of amides is 1. The van der Waals surface area contributed by atoms with Crippen molar-refractivity contribution in [3.8, 4) is 16.9 Å². The van der Waals surface area contributed by atoms with Crippen molar-refractivity contribution in [3.63, 3.8) is 0 Å². The first kappa shape index (κ1) is 34.0. The molecule has 1 fully saturated rings. The van der Waals surface area contributed by atoms with Gasteiger partial charge >= 0.3 is 12.3 Å². The van der Waals surface area contributed by atoms with Gasteiger partial charge in [0.1, 0.15) is 23.0 Å². The molecule has 4 aromatic rings. The zero-order valence-corrected chi connectivity index (χ0v) is 28.6. The number of nitrogens with zero attached hydrogens (tertiary/aromatic N) is 7. The molecular formula is C35H40F3N7O4. The van der Waals surface area contributed by atoms with E-state index in [0.29, 0.717) is 30.9 Å². The van der Waals surface area contributed by atoms with Crippen LogP contribution >= 0.6 is 0 Å². The molecule has 0 radical (unpaired) electrons. The van der Waals surface area contributed by atoms with E-state index >= 15 is 0 Å². The van der Waals surface area contributed by atoms with Gasteiger partial charge in [0, 0.05) is 75.6 Å². The first-order chi connectivity index (χ1) is 23.0. The lowest BCUT2D eigenvalue weighted by molar-refractivity contribution is -0.141. The normalized spacial score (nSPS) is 16.7. The maximum Gasteiger partial charge on any atom is 0.435 e. The molecular weight excluding hydrogens is 639 g/mol. The summed E-state index contributed by atoms with van der Waals surface area (Å²) < 4.78 is 56.9. The van der Waals surface area contributed by atoms with Gasteiger partial charge in [0.2, 0.25) is 0 Å². The van der Waals surface area contributed by atoms with Crippen molar-refractivity contribution in [1.29, 1.82) is 0 Å². The Bertz CT molecular complexity index is 1900. The summed E-state index contributed by atoms with van der Waals surface area (Å²) in [4.78, 5) is 39.4. The lowest BCUT2D eigenvalue weighted by Crippen LogP contribution is -2.60. The lowest BCUT2D eigenvalue weighted by atomic mass is 9.87. The molecule has 0 aliphatic carbocycles. The number of hydrogen-bond acceptors (Lipinski definition) is 8. The monoisotopic (exact) mass is 679 g/mol. The van der Waals surface area contributed by atoms with Crippen molar-refractivity contribution >= 4 is 17.7 Å². The van der Waals surface area contributed by atoms with Crippen LogP contribution in [0, 0.1) is 19.8 Å². The van der Waals surface area contributed by atoms with Gasteiger partial charge in [0.15, 0.2) is 11.5 Å². The number of likely N-dealkylation sites (N-methyl/N-ethyl adjacent to an activating group) is 1. The van der Waals surface area contributed by atoms with Crippen molar-refractivity contribution in [1.82, 2.24) is 29.2 Å². The smallest absolute Gasteiger partial charge is 0.435 e. The summed E-state index contributed by atoms with van der Waals surface area (Å²) in [6.45, 7) is 10.7. The third kappa shape index (κ3) is 7.13. The number of anilines is 1. The first-order valence-electron chi connectivity index (χ1n) is 16.1. The predicted molar refractivity (Wildman–Crippen MR) is 176 cm³/mol. The van der Waals surface area contributed by atoms with Crippen LogP contribution in [0.1, 0.15) is 59.5 Å². The fraction of sp³-hybridized carbons (Fsp3) is 0.457. The van der Waals surface area contributed by atoms with Crippen LogP contribution in [-0.2, 0) is 30.9 Å². The molecule has 6 rings (SSSR count). The standard InChI is InChI=1S/C35H40F3N7O4/c1-20-10-24(40-29(11-20)45-16-25(17-45)43(7)33(47)49-34(3,4)5)14-23-19-48-31-26(28-18-42(6)41-32(28)35(36,37)38)12-22(13-27(31)30(23)46)15-44-9-8-39-21(44)2/h8-13,18,23,25H,14-17,19H2,1-7H3/t23-/m1/s1. The van der Waals surface area contributed by atoms with Crippen LogP contribution < -0.4 is 9.64 Å². The van der Waals surface area contributed by atoms with Gasteiger partial charge in [-0.2, -0.15) is 18.3 Å². The number of rotatable bonds is 7. The molecule has 1 atom stereocenters. The van der Waals surface area contributed by atoms with E-state index in [1.165, 1.54) is 13.2 Å². The number of aryl methyl sites for hydroxylation is 3. The van der Waals surface area contributed by atoms with Crippen LogP contribution in [0.4, 0.5) is 23.8 Å². The fourth-order valence-corrected chi connectivity index (χ4v) is 6.22. The number of halogens is 3. The second-order valence-corrected chi connectivity index (χ2v) is 13.9. The van der Waals surface area contributed by atoms with Gasteiger partial charge in [-0.3, -0.25) is 9.48 Å². The summed E-state index contributed by atoms with van der Waals surface area (Å²) in [6, 6.07) is 7.19. The van der Waals surface area contributed by atoms with Crippen molar-refractivity contribution < 1.29 is 32.2 Å². The third-order valence-corrected chi connectivity index (χ3v) is 8.76. The zero-order chi connectivity index (χ0) is 35.4. The van der Waals surface area contributed by atoms with Gasteiger partial charge in [0.25, 0.3) is 0 Å². The predicted octanol–water partition coefficient (Wildman–Crippen LogP) is 5.85. The number of pyridine rings is 1. The number of hydrogen-bond donors (Lipinski definition) is 0. The molecule has 2 aliphatic heterocycles. The maximum atomic E-state index is 14.1. The highest BCUT2D eigenvalue weighted by molar-refractivity contribution is 6.04. The number of carbonyl (C=O) groups is 2. The molecule has 0 saturated carbocycles. The first-order valence-corrected chi connectivity index (χ1v) is 16.1. The van der Waals surface area contributed by atoms with E-state index < -0.39 is 23.4 Å². The highest BCUT2D eigenvalue weighted by Crippen LogP contribution is 2.44. The lowest BCUT2D eigenvalue weighted by Gasteiger charge is -2.44. The van der Waals surface area contributed by atoms with E-state index in [0.717, 1.165) is 21.9 Å². The molecule has 3 aromatic heterocycles. The number of ether oxygens (including phenoxy) is 2. The van der Waals surface area contributed by atoms with Gasteiger partial charge < -0.3 is 23.8 Å². The topological polar surface area (TPSA) is 108 Å². The number of fused-ring (bicyclic) bond motifs is 1. The summed E-state index contributed by atoms with van der Waals surface area (Å²) in [6.07, 6.45) is -0.0899. The number of carbonyl (C=O) groups excluding carboxylic acids is 2. The molecule has 0 bridgehead atoms. The number of ketones is 1. The zero-order valence-electron chi connectivity index (χ0n) is 28.6. The second-order valence-electron chi connectivity index (χ2n) is 13.9. The molecule has 0 spiro atoms. The van der Waals surface area contributed by atoms with Crippen LogP contribution in [0.2, 0.25) is 0 Å². The Morgan fingerprint density at radius 2 is 1.80 bits per heavy atom. The summed E-state index contributed by atoms with van der Waals surface area (Å²) in [5, 5.41) is 3.69. The summed E-state index contributed by atoms with van der Waals surface area (Å²) in [5.74, 6) is 0.751. The van der Waals surface area contributed by atoms with Crippen LogP contribution in [0.5, 0.6) is 5.75 Å². The summed E-state index contributed by atoms with van der Waals surface area (Å²) >= 11 is 0. The average Bonchev–Trinajstić information content (AvgIpc) is 3.57. The molecule has 1 amide bonds.